The van der Waals surface area contributed by atoms with E-state index in [9.17, 15) is 9.18 Å². The molecule has 0 N–H and O–H groups in total. The van der Waals surface area contributed by atoms with Gasteiger partial charge in [-0.2, -0.15) is 0 Å². The van der Waals surface area contributed by atoms with Crippen molar-refractivity contribution in [2.24, 2.45) is 0 Å². The molecule has 1 amide bonds. The van der Waals surface area contributed by atoms with Crippen molar-refractivity contribution < 1.29 is 9.18 Å². The standard InChI is InChI=1S/C13H14FNO/c1-2-13(16)15-9-3-4-12(15)10-5-7-11(14)8-6-10/h2,5-8,12H,1,3-4,9H2. The summed E-state index contributed by atoms with van der Waals surface area (Å²) in [6, 6.07) is 6.43. The van der Waals surface area contributed by atoms with Crippen molar-refractivity contribution in [1.82, 2.24) is 4.90 Å². The minimum atomic E-state index is -0.247. The molecule has 0 aromatic heterocycles. The van der Waals surface area contributed by atoms with Gasteiger partial charge in [0.1, 0.15) is 5.82 Å². The zero-order valence-corrected chi connectivity index (χ0v) is 9.03. The summed E-state index contributed by atoms with van der Waals surface area (Å²) in [6.07, 6.45) is 3.26. The third-order valence-corrected chi connectivity index (χ3v) is 2.97. The third-order valence-electron chi connectivity index (χ3n) is 2.97. The van der Waals surface area contributed by atoms with E-state index in [-0.39, 0.29) is 17.8 Å². The molecule has 1 atom stereocenters. The van der Waals surface area contributed by atoms with Gasteiger partial charge in [-0.3, -0.25) is 4.79 Å². The number of carbonyl (C=O) groups excluding carboxylic acids is 1. The van der Waals surface area contributed by atoms with Gasteiger partial charge in [0.05, 0.1) is 6.04 Å². The molecule has 1 aromatic rings. The molecule has 2 rings (SSSR count). The first-order valence-electron chi connectivity index (χ1n) is 5.41. The van der Waals surface area contributed by atoms with Gasteiger partial charge >= 0.3 is 0 Å². The van der Waals surface area contributed by atoms with Crippen LogP contribution in [-0.2, 0) is 4.79 Å². The third kappa shape index (κ3) is 1.98. The normalized spacial score (nSPS) is 19.8. The van der Waals surface area contributed by atoms with Crippen molar-refractivity contribution in [2.45, 2.75) is 18.9 Å². The summed E-state index contributed by atoms with van der Waals surface area (Å²) >= 11 is 0. The first kappa shape index (κ1) is 10.9. The molecule has 1 heterocycles. The molecule has 84 valence electrons. The topological polar surface area (TPSA) is 20.3 Å². The maximum absolute atomic E-state index is 12.8. The lowest BCUT2D eigenvalue weighted by Gasteiger charge is -2.23. The molecule has 0 radical (unpaired) electrons. The second-order valence-electron chi connectivity index (χ2n) is 3.95. The average Bonchev–Trinajstić information content (AvgIpc) is 2.78. The molecule has 0 aliphatic carbocycles. The Hall–Kier alpha value is -1.64. The number of carbonyl (C=O) groups is 1. The lowest BCUT2D eigenvalue weighted by atomic mass is 10.0. The number of hydrogen-bond acceptors (Lipinski definition) is 1. The van der Waals surface area contributed by atoms with E-state index in [1.165, 1.54) is 18.2 Å². The van der Waals surface area contributed by atoms with Crippen molar-refractivity contribution in [3.8, 4) is 0 Å². The van der Waals surface area contributed by atoms with Gasteiger partial charge in [0.15, 0.2) is 0 Å². The summed E-state index contributed by atoms with van der Waals surface area (Å²) in [6.45, 7) is 4.25. The largest absolute Gasteiger partial charge is 0.332 e. The molecule has 0 saturated carbocycles. The first-order chi connectivity index (χ1) is 7.72. The maximum atomic E-state index is 12.8. The lowest BCUT2D eigenvalue weighted by Crippen LogP contribution is -2.28. The Morgan fingerprint density at radius 2 is 2.12 bits per heavy atom. The maximum Gasteiger partial charge on any atom is 0.246 e. The number of benzene rings is 1. The quantitative estimate of drug-likeness (QED) is 0.700. The van der Waals surface area contributed by atoms with Gasteiger partial charge in [-0.15, -0.1) is 0 Å². The van der Waals surface area contributed by atoms with Crippen molar-refractivity contribution >= 4 is 5.91 Å². The zero-order chi connectivity index (χ0) is 11.5. The van der Waals surface area contributed by atoms with E-state index in [0.29, 0.717) is 0 Å². The van der Waals surface area contributed by atoms with Crippen LogP contribution in [0.25, 0.3) is 0 Å². The molecule has 1 saturated heterocycles. The van der Waals surface area contributed by atoms with Crippen LogP contribution in [0.15, 0.2) is 36.9 Å². The van der Waals surface area contributed by atoms with Gasteiger partial charge in [0.25, 0.3) is 0 Å². The highest BCUT2D eigenvalue weighted by atomic mass is 19.1. The Balaban J connectivity index is 2.22. The van der Waals surface area contributed by atoms with Gasteiger partial charge in [0.2, 0.25) is 5.91 Å². The highest BCUT2D eigenvalue weighted by Gasteiger charge is 2.28. The molecular formula is C13H14FNO. The average molecular weight is 219 g/mol. The van der Waals surface area contributed by atoms with E-state index in [4.69, 9.17) is 0 Å². The Bertz CT molecular complexity index is 399. The fourth-order valence-corrected chi connectivity index (χ4v) is 2.18. The van der Waals surface area contributed by atoms with Crippen LogP contribution < -0.4 is 0 Å². The molecule has 0 bridgehead atoms. The van der Waals surface area contributed by atoms with E-state index < -0.39 is 0 Å². The minimum Gasteiger partial charge on any atom is -0.332 e. The van der Waals surface area contributed by atoms with Crippen molar-refractivity contribution in [3.63, 3.8) is 0 Å². The second kappa shape index (κ2) is 4.47. The minimum absolute atomic E-state index is 0.0492. The summed E-state index contributed by atoms with van der Waals surface area (Å²) < 4.78 is 12.8. The van der Waals surface area contributed by atoms with Gasteiger partial charge in [-0.1, -0.05) is 18.7 Å². The zero-order valence-electron chi connectivity index (χ0n) is 9.03. The Morgan fingerprint density at radius 3 is 2.75 bits per heavy atom. The van der Waals surface area contributed by atoms with Crippen LogP contribution in [0.3, 0.4) is 0 Å². The first-order valence-corrected chi connectivity index (χ1v) is 5.41. The number of likely N-dealkylation sites (tertiary alicyclic amines) is 1. The fourth-order valence-electron chi connectivity index (χ4n) is 2.18. The van der Waals surface area contributed by atoms with Crippen LogP contribution in [0.4, 0.5) is 4.39 Å². The van der Waals surface area contributed by atoms with Crippen molar-refractivity contribution in [3.05, 3.63) is 48.3 Å². The van der Waals surface area contributed by atoms with Crippen molar-refractivity contribution in [2.75, 3.05) is 6.54 Å². The van der Waals surface area contributed by atoms with Crippen molar-refractivity contribution in [1.29, 1.82) is 0 Å². The monoisotopic (exact) mass is 219 g/mol. The SMILES string of the molecule is C=CC(=O)N1CCCC1c1ccc(F)cc1. The molecular weight excluding hydrogens is 205 g/mol. The molecule has 1 unspecified atom stereocenters. The molecule has 0 spiro atoms. The smallest absolute Gasteiger partial charge is 0.246 e. The van der Waals surface area contributed by atoms with Gasteiger partial charge in [0, 0.05) is 6.54 Å². The summed E-state index contributed by atoms with van der Waals surface area (Å²) in [4.78, 5) is 13.4. The molecule has 1 fully saturated rings. The van der Waals surface area contributed by atoms with E-state index in [2.05, 4.69) is 6.58 Å². The summed E-state index contributed by atoms with van der Waals surface area (Å²) in [5.41, 5.74) is 0.995. The summed E-state index contributed by atoms with van der Waals surface area (Å²) in [7, 11) is 0. The van der Waals surface area contributed by atoms with Crippen LogP contribution in [0.5, 0.6) is 0 Å². The molecule has 3 heteroatoms. The summed E-state index contributed by atoms with van der Waals surface area (Å²) in [5.74, 6) is -0.296. The van der Waals surface area contributed by atoms with Crippen LogP contribution in [0.2, 0.25) is 0 Å². The van der Waals surface area contributed by atoms with Crippen LogP contribution in [0.1, 0.15) is 24.4 Å². The van der Waals surface area contributed by atoms with E-state index in [0.717, 1.165) is 24.9 Å². The van der Waals surface area contributed by atoms with Gasteiger partial charge < -0.3 is 4.90 Å². The Labute approximate surface area is 94.4 Å². The van der Waals surface area contributed by atoms with E-state index in [1.807, 2.05) is 0 Å². The molecule has 16 heavy (non-hydrogen) atoms. The number of halogens is 1. The Morgan fingerprint density at radius 1 is 1.44 bits per heavy atom. The highest BCUT2D eigenvalue weighted by Crippen LogP contribution is 2.31. The Kier molecular flexibility index (Phi) is 3.04. The predicted octanol–water partition coefficient (Wildman–Crippen LogP) is 2.68. The number of nitrogens with zero attached hydrogens (tertiary/aromatic N) is 1. The van der Waals surface area contributed by atoms with Crippen LogP contribution in [-0.4, -0.2) is 17.4 Å². The predicted molar refractivity (Wildman–Crippen MR) is 60.3 cm³/mol. The van der Waals surface area contributed by atoms with Gasteiger partial charge in [-0.25, -0.2) is 4.39 Å². The lowest BCUT2D eigenvalue weighted by molar-refractivity contribution is -0.126. The van der Waals surface area contributed by atoms with E-state index in [1.54, 1.807) is 17.0 Å². The van der Waals surface area contributed by atoms with E-state index >= 15 is 0 Å². The number of rotatable bonds is 2. The fraction of sp³-hybridized carbons (Fsp3) is 0.308. The van der Waals surface area contributed by atoms with Crippen LogP contribution in [0, 0.1) is 5.82 Å². The van der Waals surface area contributed by atoms with Crippen LogP contribution >= 0.6 is 0 Å². The number of hydrogen-bond donors (Lipinski definition) is 0. The summed E-state index contributed by atoms with van der Waals surface area (Å²) in [5, 5.41) is 0. The molecule has 1 aromatic carbocycles. The number of amides is 1. The molecule has 2 nitrogen and oxygen atoms in total. The van der Waals surface area contributed by atoms with Gasteiger partial charge in [-0.05, 0) is 36.6 Å². The second-order valence-corrected chi connectivity index (χ2v) is 3.95. The highest BCUT2D eigenvalue weighted by molar-refractivity contribution is 5.87. The molecule has 1 aliphatic rings. The molecule has 1 aliphatic heterocycles.